The van der Waals surface area contributed by atoms with Crippen LogP contribution in [0.25, 0.3) is 0 Å². The molecular formula is C8H14FNO2. The summed E-state index contributed by atoms with van der Waals surface area (Å²) in [7, 11) is 0. The molecule has 1 aliphatic rings. The molecule has 1 aliphatic carbocycles. The Morgan fingerprint density at radius 2 is 2.08 bits per heavy atom. The zero-order chi connectivity index (χ0) is 9.19. The third-order valence-electron chi connectivity index (χ3n) is 2.40. The van der Waals surface area contributed by atoms with Crippen LogP contribution >= 0.6 is 0 Å². The Balaban J connectivity index is 2.43. The predicted molar refractivity (Wildman–Crippen MR) is 42.5 cm³/mol. The Labute approximate surface area is 70.7 Å². The van der Waals surface area contributed by atoms with E-state index in [1.54, 1.807) is 0 Å². The highest BCUT2D eigenvalue weighted by atomic mass is 19.1. The van der Waals surface area contributed by atoms with Gasteiger partial charge in [0.05, 0.1) is 0 Å². The van der Waals surface area contributed by atoms with Crippen molar-refractivity contribution in [1.82, 2.24) is 0 Å². The second-order valence-corrected chi connectivity index (χ2v) is 3.51. The van der Waals surface area contributed by atoms with Crippen LogP contribution in [-0.2, 0) is 4.79 Å². The fraction of sp³-hybridized carbons (Fsp3) is 0.875. The SMILES string of the molecule is N[C@@H](CC1(F)CCCC1)C(=O)O. The quantitative estimate of drug-likeness (QED) is 0.674. The third kappa shape index (κ3) is 2.17. The van der Waals surface area contributed by atoms with Crippen molar-refractivity contribution in [1.29, 1.82) is 0 Å². The average Bonchev–Trinajstić information content (AvgIpc) is 2.35. The molecule has 0 aromatic heterocycles. The molecule has 0 bridgehead atoms. The Hall–Kier alpha value is -0.640. The molecule has 1 fully saturated rings. The van der Waals surface area contributed by atoms with Crippen molar-refractivity contribution in [2.75, 3.05) is 0 Å². The van der Waals surface area contributed by atoms with Crippen molar-refractivity contribution >= 4 is 5.97 Å². The van der Waals surface area contributed by atoms with Gasteiger partial charge in [-0.1, -0.05) is 12.8 Å². The minimum absolute atomic E-state index is 0.0394. The number of halogens is 1. The topological polar surface area (TPSA) is 63.3 Å². The number of carboxylic acids is 1. The van der Waals surface area contributed by atoms with E-state index >= 15 is 0 Å². The third-order valence-corrected chi connectivity index (χ3v) is 2.40. The maximum atomic E-state index is 13.6. The first-order chi connectivity index (χ1) is 5.53. The van der Waals surface area contributed by atoms with E-state index in [0.29, 0.717) is 12.8 Å². The molecule has 3 nitrogen and oxygen atoms in total. The molecule has 0 amide bonds. The molecule has 0 spiro atoms. The van der Waals surface area contributed by atoms with Crippen molar-refractivity contribution in [3.63, 3.8) is 0 Å². The maximum absolute atomic E-state index is 13.6. The molecule has 0 radical (unpaired) electrons. The summed E-state index contributed by atoms with van der Waals surface area (Å²) in [4.78, 5) is 10.3. The molecule has 0 aromatic rings. The second kappa shape index (κ2) is 3.39. The van der Waals surface area contributed by atoms with Gasteiger partial charge in [-0.05, 0) is 12.8 Å². The number of carbonyl (C=O) groups is 1. The number of nitrogens with two attached hydrogens (primary N) is 1. The predicted octanol–water partition coefficient (Wildman–Crippen LogP) is 1.07. The summed E-state index contributed by atoms with van der Waals surface area (Å²) >= 11 is 0. The molecule has 70 valence electrons. The number of alkyl halides is 1. The lowest BCUT2D eigenvalue weighted by molar-refractivity contribution is -0.139. The molecule has 0 aliphatic heterocycles. The van der Waals surface area contributed by atoms with Crippen LogP contribution in [0.15, 0.2) is 0 Å². The van der Waals surface area contributed by atoms with Gasteiger partial charge in [-0.2, -0.15) is 0 Å². The van der Waals surface area contributed by atoms with Gasteiger partial charge in [0.2, 0.25) is 0 Å². The summed E-state index contributed by atoms with van der Waals surface area (Å²) in [6.45, 7) is 0. The Kier molecular flexibility index (Phi) is 2.67. The van der Waals surface area contributed by atoms with E-state index in [2.05, 4.69) is 0 Å². The van der Waals surface area contributed by atoms with E-state index in [9.17, 15) is 9.18 Å². The first kappa shape index (κ1) is 9.45. The van der Waals surface area contributed by atoms with Crippen LogP contribution in [0.3, 0.4) is 0 Å². The van der Waals surface area contributed by atoms with E-state index in [0.717, 1.165) is 12.8 Å². The van der Waals surface area contributed by atoms with Gasteiger partial charge in [-0.15, -0.1) is 0 Å². The van der Waals surface area contributed by atoms with Crippen LogP contribution in [-0.4, -0.2) is 22.8 Å². The molecule has 3 N–H and O–H groups in total. The summed E-state index contributed by atoms with van der Waals surface area (Å²) in [5, 5.41) is 8.47. The summed E-state index contributed by atoms with van der Waals surface area (Å²) < 4.78 is 13.6. The zero-order valence-corrected chi connectivity index (χ0v) is 6.92. The van der Waals surface area contributed by atoms with Gasteiger partial charge in [0.25, 0.3) is 0 Å². The molecule has 4 heteroatoms. The average molecular weight is 175 g/mol. The van der Waals surface area contributed by atoms with Gasteiger partial charge in [-0.25, -0.2) is 4.39 Å². The van der Waals surface area contributed by atoms with Gasteiger partial charge in [0, 0.05) is 6.42 Å². The number of hydrogen-bond donors (Lipinski definition) is 2. The van der Waals surface area contributed by atoms with Crippen LogP contribution < -0.4 is 5.73 Å². The monoisotopic (exact) mass is 175 g/mol. The van der Waals surface area contributed by atoms with Crippen LogP contribution in [0.2, 0.25) is 0 Å². The standard InChI is InChI=1S/C8H14FNO2/c9-8(3-1-2-4-8)5-6(10)7(11)12/h6H,1-5,10H2,(H,11,12)/t6-/m0/s1. The summed E-state index contributed by atoms with van der Waals surface area (Å²) in [6, 6.07) is -1.05. The molecule has 0 aromatic carbocycles. The van der Waals surface area contributed by atoms with E-state index in [1.807, 2.05) is 0 Å². The number of aliphatic carboxylic acids is 1. The molecule has 0 heterocycles. The lowest BCUT2D eigenvalue weighted by Gasteiger charge is -2.20. The molecule has 1 rings (SSSR count). The summed E-state index contributed by atoms with van der Waals surface area (Å²) in [5.74, 6) is -1.11. The van der Waals surface area contributed by atoms with Crippen molar-refractivity contribution in [2.24, 2.45) is 5.73 Å². The summed E-state index contributed by atoms with van der Waals surface area (Å²) in [5.41, 5.74) is 3.93. The normalized spacial score (nSPS) is 23.8. The summed E-state index contributed by atoms with van der Waals surface area (Å²) in [6.07, 6.45) is 2.59. The minimum Gasteiger partial charge on any atom is -0.480 e. The number of hydrogen-bond acceptors (Lipinski definition) is 2. The highest BCUT2D eigenvalue weighted by molar-refractivity contribution is 5.73. The first-order valence-corrected chi connectivity index (χ1v) is 4.21. The van der Waals surface area contributed by atoms with Crippen LogP contribution in [0.1, 0.15) is 32.1 Å². The zero-order valence-electron chi connectivity index (χ0n) is 6.92. The van der Waals surface area contributed by atoms with Crippen LogP contribution in [0, 0.1) is 0 Å². The van der Waals surface area contributed by atoms with Crippen LogP contribution in [0.5, 0.6) is 0 Å². The molecule has 12 heavy (non-hydrogen) atoms. The van der Waals surface area contributed by atoms with E-state index in [-0.39, 0.29) is 6.42 Å². The fourth-order valence-electron chi connectivity index (χ4n) is 1.69. The van der Waals surface area contributed by atoms with Gasteiger partial charge in [0.15, 0.2) is 0 Å². The van der Waals surface area contributed by atoms with Crippen molar-refractivity contribution < 1.29 is 14.3 Å². The Bertz CT molecular complexity index is 178. The molecule has 1 atom stereocenters. The van der Waals surface area contributed by atoms with Crippen molar-refractivity contribution in [3.05, 3.63) is 0 Å². The highest BCUT2D eigenvalue weighted by Gasteiger charge is 2.36. The minimum atomic E-state index is -1.31. The smallest absolute Gasteiger partial charge is 0.320 e. The lowest BCUT2D eigenvalue weighted by atomic mass is 9.95. The Morgan fingerprint density at radius 1 is 1.58 bits per heavy atom. The molecular weight excluding hydrogens is 161 g/mol. The Morgan fingerprint density at radius 3 is 2.50 bits per heavy atom. The van der Waals surface area contributed by atoms with E-state index in [1.165, 1.54) is 0 Å². The van der Waals surface area contributed by atoms with Crippen molar-refractivity contribution in [2.45, 2.75) is 43.8 Å². The van der Waals surface area contributed by atoms with E-state index in [4.69, 9.17) is 10.8 Å². The van der Waals surface area contributed by atoms with Gasteiger partial charge in [-0.3, -0.25) is 4.79 Å². The number of rotatable bonds is 3. The van der Waals surface area contributed by atoms with Gasteiger partial charge < -0.3 is 10.8 Å². The molecule has 0 saturated heterocycles. The fourth-order valence-corrected chi connectivity index (χ4v) is 1.69. The lowest BCUT2D eigenvalue weighted by Crippen LogP contribution is -2.37. The highest BCUT2D eigenvalue weighted by Crippen LogP contribution is 2.36. The van der Waals surface area contributed by atoms with Gasteiger partial charge >= 0.3 is 5.97 Å². The second-order valence-electron chi connectivity index (χ2n) is 3.51. The maximum Gasteiger partial charge on any atom is 0.320 e. The van der Waals surface area contributed by atoms with Gasteiger partial charge in [0.1, 0.15) is 11.7 Å². The first-order valence-electron chi connectivity index (χ1n) is 4.21. The van der Waals surface area contributed by atoms with E-state index < -0.39 is 17.7 Å². The molecule has 0 unspecified atom stereocenters. The molecule has 1 saturated carbocycles. The van der Waals surface area contributed by atoms with Crippen LogP contribution in [0.4, 0.5) is 4.39 Å². The number of carboxylic acid groups (broad SMARTS) is 1. The van der Waals surface area contributed by atoms with Crippen molar-refractivity contribution in [3.8, 4) is 0 Å². The largest absolute Gasteiger partial charge is 0.480 e.